The summed E-state index contributed by atoms with van der Waals surface area (Å²) in [7, 11) is 0. The first-order chi connectivity index (χ1) is 10.3. The lowest BCUT2D eigenvalue weighted by Gasteiger charge is -2.44. The third kappa shape index (κ3) is 3.80. The van der Waals surface area contributed by atoms with Crippen molar-refractivity contribution in [3.63, 3.8) is 0 Å². The normalized spacial score (nSPS) is 46.9. The lowest BCUT2D eigenvalue weighted by molar-refractivity contribution is -0.318. The molecule has 0 bridgehead atoms. The predicted octanol–water partition coefficient (Wildman–Crippen LogP) is 0.264. The highest BCUT2D eigenvalue weighted by molar-refractivity contribution is 4.90. The molecule has 8 atom stereocenters. The van der Waals surface area contributed by atoms with Crippen molar-refractivity contribution in [3.8, 4) is 0 Å². The standard InChI is InChI=1S/C16H30O6/c1-8(2)10-5-4-9(3)6-11(10)21-16-15(20)14(19)13(18)12(7-17)22-16/h8-20H,4-7H2,1-3H3/t9?,10?,11?,12-,13-,14+,15-,16-/m1/s1. The van der Waals surface area contributed by atoms with Crippen molar-refractivity contribution in [1.82, 2.24) is 0 Å². The zero-order valence-electron chi connectivity index (χ0n) is 13.6. The molecule has 0 aromatic heterocycles. The van der Waals surface area contributed by atoms with Gasteiger partial charge in [-0.3, -0.25) is 0 Å². The predicted molar refractivity (Wildman–Crippen MR) is 80.0 cm³/mol. The molecule has 0 spiro atoms. The Labute approximate surface area is 132 Å². The highest BCUT2D eigenvalue weighted by atomic mass is 16.7. The van der Waals surface area contributed by atoms with Crippen molar-refractivity contribution < 1.29 is 29.9 Å². The van der Waals surface area contributed by atoms with Crippen LogP contribution in [-0.4, -0.2) is 63.8 Å². The summed E-state index contributed by atoms with van der Waals surface area (Å²) in [5, 5.41) is 39.0. The molecule has 1 heterocycles. The molecule has 1 saturated carbocycles. The van der Waals surface area contributed by atoms with Crippen LogP contribution in [0.3, 0.4) is 0 Å². The van der Waals surface area contributed by atoms with Gasteiger partial charge < -0.3 is 29.9 Å². The van der Waals surface area contributed by atoms with E-state index in [0.717, 1.165) is 19.3 Å². The monoisotopic (exact) mass is 318 g/mol. The van der Waals surface area contributed by atoms with E-state index in [-0.39, 0.29) is 6.10 Å². The summed E-state index contributed by atoms with van der Waals surface area (Å²) >= 11 is 0. The lowest BCUT2D eigenvalue weighted by Crippen LogP contribution is -2.60. The second-order valence-electron chi connectivity index (χ2n) is 7.20. The molecule has 22 heavy (non-hydrogen) atoms. The second kappa shape index (κ2) is 7.55. The van der Waals surface area contributed by atoms with E-state index < -0.39 is 37.3 Å². The summed E-state index contributed by atoms with van der Waals surface area (Å²) in [5.74, 6) is 1.39. The fourth-order valence-electron chi connectivity index (χ4n) is 3.62. The first-order valence-electron chi connectivity index (χ1n) is 8.31. The maximum absolute atomic E-state index is 10.1. The summed E-state index contributed by atoms with van der Waals surface area (Å²) < 4.78 is 11.4. The molecule has 2 aliphatic rings. The van der Waals surface area contributed by atoms with E-state index in [4.69, 9.17) is 9.47 Å². The summed E-state index contributed by atoms with van der Waals surface area (Å²) in [6, 6.07) is 0. The van der Waals surface area contributed by atoms with Gasteiger partial charge in [-0.25, -0.2) is 0 Å². The molecule has 1 aliphatic heterocycles. The molecule has 0 amide bonds. The van der Waals surface area contributed by atoms with Crippen LogP contribution >= 0.6 is 0 Å². The van der Waals surface area contributed by atoms with Gasteiger partial charge in [0.25, 0.3) is 0 Å². The Balaban J connectivity index is 2.06. The number of aliphatic hydroxyl groups excluding tert-OH is 4. The quantitative estimate of drug-likeness (QED) is 0.593. The van der Waals surface area contributed by atoms with E-state index in [9.17, 15) is 20.4 Å². The van der Waals surface area contributed by atoms with E-state index in [1.54, 1.807) is 0 Å². The average Bonchev–Trinajstić information content (AvgIpc) is 2.47. The highest BCUT2D eigenvalue weighted by Gasteiger charge is 2.46. The van der Waals surface area contributed by atoms with Crippen LogP contribution < -0.4 is 0 Å². The fraction of sp³-hybridized carbons (Fsp3) is 1.00. The van der Waals surface area contributed by atoms with Gasteiger partial charge in [0, 0.05) is 0 Å². The first-order valence-corrected chi connectivity index (χ1v) is 8.31. The zero-order chi connectivity index (χ0) is 16.4. The van der Waals surface area contributed by atoms with Gasteiger partial charge >= 0.3 is 0 Å². The number of hydrogen-bond acceptors (Lipinski definition) is 6. The number of rotatable bonds is 4. The molecule has 6 nitrogen and oxygen atoms in total. The summed E-state index contributed by atoms with van der Waals surface area (Å²) in [6.45, 7) is 6.06. The maximum Gasteiger partial charge on any atom is 0.186 e. The molecule has 1 saturated heterocycles. The fourth-order valence-corrected chi connectivity index (χ4v) is 3.62. The number of aliphatic hydroxyl groups is 4. The molecule has 0 aromatic carbocycles. The van der Waals surface area contributed by atoms with Crippen molar-refractivity contribution in [3.05, 3.63) is 0 Å². The van der Waals surface area contributed by atoms with Crippen LogP contribution in [0.4, 0.5) is 0 Å². The molecule has 3 unspecified atom stereocenters. The maximum atomic E-state index is 10.1. The van der Waals surface area contributed by atoms with Gasteiger partial charge in [0.15, 0.2) is 6.29 Å². The minimum Gasteiger partial charge on any atom is -0.394 e. The Morgan fingerprint density at radius 1 is 1.09 bits per heavy atom. The Hall–Kier alpha value is -0.240. The van der Waals surface area contributed by atoms with Crippen LogP contribution in [0.5, 0.6) is 0 Å². The van der Waals surface area contributed by atoms with Crippen molar-refractivity contribution in [2.45, 2.75) is 76.8 Å². The second-order valence-corrected chi connectivity index (χ2v) is 7.20. The minimum atomic E-state index is -1.38. The van der Waals surface area contributed by atoms with Gasteiger partial charge in [-0.2, -0.15) is 0 Å². The smallest absolute Gasteiger partial charge is 0.186 e. The molecule has 2 rings (SSSR count). The summed E-state index contributed by atoms with van der Waals surface area (Å²) in [6.07, 6.45) is -2.90. The molecular formula is C16H30O6. The summed E-state index contributed by atoms with van der Waals surface area (Å²) in [5.41, 5.74) is 0. The Morgan fingerprint density at radius 3 is 2.36 bits per heavy atom. The molecular weight excluding hydrogens is 288 g/mol. The van der Waals surface area contributed by atoms with Gasteiger partial charge in [-0.05, 0) is 30.6 Å². The van der Waals surface area contributed by atoms with Crippen molar-refractivity contribution >= 4 is 0 Å². The van der Waals surface area contributed by atoms with Crippen LogP contribution in [-0.2, 0) is 9.47 Å². The van der Waals surface area contributed by atoms with Crippen LogP contribution in [0, 0.1) is 17.8 Å². The molecule has 0 aromatic rings. The lowest BCUT2D eigenvalue weighted by atomic mass is 9.75. The van der Waals surface area contributed by atoms with Gasteiger partial charge in [0.2, 0.25) is 0 Å². The van der Waals surface area contributed by atoms with E-state index in [2.05, 4.69) is 20.8 Å². The molecule has 130 valence electrons. The van der Waals surface area contributed by atoms with Crippen LogP contribution in [0.15, 0.2) is 0 Å². The van der Waals surface area contributed by atoms with Gasteiger partial charge in [-0.15, -0.1) is 0 Å². The first kappa shape index (κ1) is 18.1. The molecule has 4 N–H and O–H groups in total. The van der Waals surface area contributed by atoms with Crippen LogP contribution in [0.2, 0.25) is 0 Å². The third-order valence-corrected chi connectivity index (χ3v) is 5.12. The molecule has 2 fully saturated rings. The van der Waals surface area contributed by atoms with Crippen molar-refractivity contribution in [1.29, 1.82) is 0 Å². The van der Waals surface area contributed by atoms with Gasteiger partial charge in [-0.1, -0.05) is 27.2 Å². The van der Waals surface area contributed by atoms with Crippen LogP contribution in [0.1, 0.15) is 40.0 Å². The Morgan fingerprint density at radius 2 is 1.77 bits per heavy atom. The third-order valence-electron chi connectivity index (χ3n) is 5.12. The van der Waals surface area contributed by atoms with Crippen molar-refractivity contribution in [2.24, 2.45) is 17.8 Å². The number of ether oxygens (including phenoxy) is 2. The van der Waals surface area contributed by atoms with Crippen LogP contribution in [0.25, 0.3) is 0 Å². The molecule has 6 heteroatoms. The summed E-state index contributed by atoms with van der Waals surface area (Å²) in [4.78, 5) is 0. The SMILES string of the molecule is CC1CCC(C(C)C)C(O[C@@H]2O[C@H](CO)[C@@H](O)[C@H](O)[C@H]2O)C1. The Kier molecular flexibility index (Phi) is 6.22. The zero-order valence-corrected chi connectivity index (χ0v) is 13.6. The van der Waals surface area contributed by atoms with E-state index in [1.807, 2.05) is 0 Å². The molecule has 0 radical (unpaired) electrons. The largest absolute Gasteiger partial charge is 0.394 e. The number of hydrogen-bond donors (Lipinski definition) is 4. The topological polar surface area (TPSA) is 99.4 Å². The van der Waals surface area contributed by atoms with Crippen molar-refractivity contribution in [2.75, 3.05) is 6.61 Å². The Bertz CT molecular complexity index is 348. The van der Waals surface area contributed by atoms with E-state index >= 15 is 0 Å². The van der Waals surface area contributed by atoms with E-state index in [0.29, 0.717) is 17.8 Å². The van der Waals surface area contributed by atoms with Gasteiger partial charge in [0.05, 0.1) is 12.7 Å². The van der Waals surface area contributed by atoms with Gasteiger partial charge in [0.1, 0.15) is 24.4 Å². The highest BCUT2D eigenvalue weighted by Crippen LogP contribution is 2.37. The molecule has 1 aliphatic carbocycles. The minimum absolute atomic E-state index is 0.0508. The average molecular weight is 318 g/mol. The van der Waals surface area contributed by atoms with E-state index in [1.165, 1.54) is 0 Å².